The average molecular weight is 333 g/mol. The molecule has 4 rings (SSSR count). The Morgan fingerprint density at radius 3 is 2.76 bits per heavy atom. The van der Waals surface area contributed by atoms with Crippen LogP contribution in [-0.2, 0) is 0 Å². The lowest BCUT2D eigenvalue weighted by molar-refractivity contribution is 0.601. The number of hydrogen-bond acceptors (Lipinski definition) is 4. The van der Waals surface area contributed by atoms with Crippen molar-refractivity contribution in [2.24, 2.45) is 5.73 Å². The van der Waals surface area contributed by atoms with Gasteiger partial charge in [0.15, 0.2) is 11.2 Å². The summed E-state index contributed by atoms with van der Waals surface area (Å²) < 4.78 is 6.20. The van der Waals surface area contributed by atoms with Crippen molar-refractivity contribution in [1.29, 1.82) is 0 Å². The molecular weight excluding hydrogens is 314 g/mol. The molecule has 4 aromatic rings. The van der Waals surface area contributed by atoms with E-state index in [2.05, 4.69) is 9.97 Å². The number of H-pyrrole nitrogens is 1. The van der Waals surface area contributed by atoms with Crippen molar-refractivity contribution in [3.05, 3.63) is 63.4 Å². The fourth-order valence-corrected chi connectivity index (χ4v) is 3.24. The van der Waals surface area contributed by atoms with E-state index in [0.717, 1.165) is 27.9 Å². The van der Waals surface area contributed by atoms with Gasteiger partial charge in [-0.1, -0.05) is 6.07 Å². The first-order chi connectivity index (χ1) is 12.0. The third kappa shape index (κ3) is 2.44. The number of nitrogens with one attached hydrogen (secondary N) is 1. The van der Waals surface area contributed by atoms with Crippen LogP contribution in [0.25, 0.3) is 33.5 Å². The van der Waals surface area contributed by atoms with Crippen LogP contribution in [0.2, 0.25) is 0 Å². The summed E-state index contributed by atoms with van der Waals surface area (Å²) in [6.45, 7) is 5.63. The molecular formula is C20H19N3O2. The van der Waals surface area contributed by atoms with E-state index >= 15 is 0 Å². The minimum atomic E-state index is -0.231. The summed E-state index contributed by atoms with van der Waals surface area (Å²) in [5.41, 5.74) is 10.5. The van der Waals surface area contributed by atoms with Crippen molar-refractivity contribution >= 4 is 22.0 Å². The molecule has 0 aliphatic rings. The SMILES string of the molecule is Cc1cc([C@@H](C)N)c2oc(-c3cc4cccnc4[nH]3)c(C)c(=O)c2c1. The molecule has 3 aromatic heterocycles. The van der Waals surface area contributed by atoms with Crippen molar-refractivity contribution in [1.82, 2.24) is 9.97 Å². The maximum absolute atomic E-state index is 12.9. The van der Waals surface area contributed by atoms with Crippen molar-refractivity contribution in [2.45, 2.75) is 26.8 Å². The third-order valence-electron chi connectivity index (χ3n) is 4.52. The number of benzene rings is 1. The maximum atomic E-state index is 12.9. The summed E-state index contributed by atoms with van der Waals surface area (Å²) in [6.07, 6.45) is 1.73. The molecule has 0 saturated carbocycles. The number of pyridine rings is 1. The number of nitrogens with two attached hydrogens (primary N) is 1. The van der Waals surface area contributed by atoms with Crippen LogP contribution in [0.15, 0.2) is 45.7 Å². The Kier molecular flexibility index (Phi) is 3.47. The molecule has 0 bridgehead atoms. The lowest BCUT2D eigenvalue weighted by atomic mass is 10.0. The van der Waals surface area contributed by atoms with Gasteiger partial charge in [0.2, 0.25) is 0 Å². The van der Waals surface area contributed by atoms with Crippen molar-refractivity contribution in [3.63, 3.8) is 0 Å². The van der Waals surface area contributed by atoms with Crippen LogP contribution in [0.3, 0.4) is 0 Å². The minimum absolute atomic E-state index is 0.0338. The topological polar surface area (TPSA) is 84.9 Å². The van der Waals surface area contributed by atoms with E-state index in [4.69, 9.17) is 10.2 Å². The summed E-state index contributed by atoms with van der Waals surface area (Å²) in [5.74, 6) is 0.529. The Hall–Kier alpha value is -2.92. The molecule has 0 fully saturated rings. The van der Waals surface area contributed by atoms with Gasteiger partial charge in [0.05, 0.1) is 11.1 Å². The molecule has 0 unspecified atom stereocenters. The molecule has 25 heavy (non-hydrogen) atoms. The number of aromatic amines is 1. The molecule has 0 radical (unpaired) electrons. The van der Waals surface area contributed by atoms with Crippen molar-refractivity contribution in [3.8, 4) is 11.5 Å². The molecule has 0 aliphatic heterocycles. The van der Waals surface area contributed by atoms with E-state index in [0.29, 0.717) is 22.3 Å². The summed E-state index contributed by atoms with van der Waals surface area (Å²) in [7, 11) is 0. The molecule has 0 amide bonds. The second kappa shape index (κ2) is 5.57. The number of aryl methyl sites for hydroxylation is 1. The Balaban J connectivity index is 2.08. The van der Waals surface area contributed by atoms with Crippen LogP contribution in [-0.4, -0.2) is 9.97 Å². The molecule has 5 heteroatoms. The number of rotatable bonds is 2. The fraction of sp³-hybridized carbons (Fsp3) is 0.200. The standard InChI is InChI=1S/C20H19N3O2/c1-10-7-14(12(3)21)19-15(8-10)17(24)11(2)18(25-19)16-9-13-5-4-6-22-20(13)23-16/h4-9,12H,21H2,1-3H3,(H,22,23)/t12-/m1/s1. The van der Waals surface area contributed by atoms with Gasteiger partial charge in [-0.3, -0.25) is 4.79 Å². The predicted octanol–water partition coefficient (Wildman–Crippen LogP) is 3.97. The average Bonchev–Trinajstić information content (AvgIpc) is 3.01. The van der Waals surface area contributed by atoms with Crippen LogP contribution >= 0.6 is 0 Å². The van der Waals surface area contributed by atoms with E-state index in [-0.39, 0.29) is 11.5 Å². The molecule has 0 saturated heterocycles. The quantitative estimate of drug-likeness (QED) is 0.581. The van der Waals surface area contributed by atoms with Gasteiger partial charge in [-0.2, -0.15) is 0 Å². The predicted molar refractivity (Wildman–Crippen MR) is 99.6 cm³/mol. The fourth-order valence-electron chi connectivity index (χ4n) is 3.24. The Bertz CT molecular complexity index is 1140. The summed E-state index contributed by atoms with van der Waals surface area (Å²) in [5, 5.41) is 1.54. The van der Waals surface area contributed by atoms with E-state index in [1.807, 2.05) is 44.2 Å². The minimum Gasteiger partial charge on any atom is -0.454 e. The number of fused-ring (bicyclic) bond motifs is 2. The highest BCUT2D eigenvalue weighted by Gasteiger charge is 2.18. The third-order valence-corrected chi connectivity index (χ3v) is 4.52. The van der Waals surface area contributed by atoms with Crippen LogP contribution in [0.5, 0.6) is 0 Å². The molecule has 5 nitrogen and oxygen atoms in total. The van der Waals surface area contributed by atoms with E-state index < -0.39 is 0 Å². The second-order valence-electron chi connectivity index (χ2n) is 6.53. The van der Waals surface area contributed by atoms with Gasteiger partial charge >= 0.3 is 0 Å². The molecule has 3 heterocycles. The first kappa shape index (κ1) is 15.6. The highest BCUT2D eigenvalue weighted by Crippen LogP contribution is 2.31. The smallest absolute Gasteiger partial charge is 0.196 e. The highest BCUT2D eigenvalue weighted by atomic mass is 16.3. The van der Waals surface area contributed by atoms with Crippen LogP contribution in [0.4, 0.5) is 0 Å². The van der Waals surface area contributed by atoms with Crippen LogP contribution in [0, 0.1) is 13.8 Å². The number of nitrogens with zero attached hydrogens (tertiary/aromatic N) is 1. The van der Waals surface area contributed by atoms with Crippen molar-refractivity contribution < 1.29 is 4.42 Å². The van der Waals surface area contributed by atoms with Gasteiger partial charge < -0.3 is 15.1 Å². The zero-order valence-corrected chi connectivity index (χ0v) is 14.4. The van der Waals surface area contributed by atoms with Gasteiger partial charge in [0.1, 0.15) is 11.2 Å². The van der Waals surface area contributed by atoms with Crippen molar-refractivity contribution in [2.75, 3.05) is 0 Å². The lowest BCUT2D eigenvalue weighted by Crippen LogP contribution is -2.12. The first-order valence-corrected chi connectivity index (χ1v) is 8.23. The molecule has 1 aromatic carbocycles. The van der Waals surface area contributed by atoms with E-state index in [9.17, 15) is 4.79 Å². The van der Waals surface area contributed by atoms with Gasteiger partial charge in [0.25, 0.3) is 0 Å². The maximum Gasteiger partial charge on any atom is 0.196 e. The normalized spacial score (nSPS) is 12.8. The first-order valence-electron chi connectivity index (χ1n) is 8.23. The van der Waals surface area contributed by atoms with Gasteiger partial charge in [-0.25, -0.2) is 4.98 Å². The van der Waals surface area contributed by atoms with E-state index in [1.54, 1.807) is 13.1 Å². The molecule has 0 aliphatic carbocycles. The summed E-state index contributed by atoms with van der Waals surface area (Å²) in [4.78, 5) is 20.5. The van der Waals surface area contributed by atoms with Gasteiger partial charge in [-0.15, -0.1) is 0 Å². The van der Waals surface area contributed by atoms with Gasteiger partial charge in [0, 0.05) is 28.8 Å². The second-order valence-corrected chi connectivity index (χ2v) is 6.53. The summed E-state index contributed by atoms with van der Waals surface area (Å²) >= 11 is 0. The zero-order chi connectivity index (χ0) is 17.7. The molecule has 3 N–H and O–H groups in total. The monoisotopic (exact) mass is 333 g/mol. The highest BCUT2D eigenvalue weighted by molar-refractivity contribution is 5.86. The Morgan fingerprint density at radius 1 is 1.24 bits per heavy atom. The molecule has 126 valence electrons. The molecule has 1 atom stereocenters. The van der Waals surface area contributed by atoms with Crippen LogP contribution in [0.1, 0.15) is 29.7 Å². The van der Waals surface area contributed by atoms with Gasteiger partial charge in [-0.05, 0) is 50.6 Å². The molecule has 0 spiro atoms. The van der Waals surface area contributed by atoms with Crippen LogP contribution < -0.4 is 11.2 Å². The zero-order valence-electron chi connectivity index (χ0n) is 14.4. The number of aromatic nitrogens is 2. The van der Waals surface area contributed by atoms with E-state index in [1.165, 1.54) is 0 Å². The summed E-state index contributed by atoms with van der Waals surface area (Å²) in [6, 6.07) is 9.39. The number of hydrogen-bond donors (Lipinski definition) is 2. The Labute approximate surface area is 144 Å². The lowest BCUT2D eigenvalue weighted by Gasteiger charge is -2.13. The largest absolute Gasteiger partial charge is 0.454 e. The Morgan fingerprint density at radius 2 is 2.04 bits per heavy atom.